The Morgan fingerprint density at radius 3 is 2.69 bits per heavy atom. The Balaban J connectivity index is 1.67. The molecule has 1 unspecified atom stereocenters. The lowest BCUT2D eigenvalue weighted by Gasteiger charge is -2.31. The van der Waals surface area contributed by atoms with Crippen molar-refractivity contribution in [2.45, 2.75) is 24.0 Å². The van der Waals surface area contributed by atoms with Crippen LogP contribution in [0.3, 0.4) is 0 Å². The van der Waals surface area contributed by atoms with Crippen molar-refractivity contribution in [1.82, 2.24) is 19.2 Å². The number of nitrogens with one attached hydrogen (secondary N) is 1. The van der Waals surface area contributed by atoms with Crippen LogP contribution in [0.4, 0.5) is 0 Å². The number of piperidine rings is 1. The highest BCUT2D eigenvalue weighted by atomic mass is 32.2. The molecule has 0 aliphatic carbocycles. The zero-order valence-electron chi connectivity index (χ0n) is 14.8. The lowest BCUT2D eigenvalue weighted by Crippen LogP contribution is -2.49. The topological polar surface area (TPSA) is 84.3 Å². The molecular weight excluding hydrogens is 372 g/mol. The molecule has 1 atom stereocenters. The summed E-state index contributed by atoms with van der Waals surface area (Å²) in [6, 6.07) is 7.13. The van der Waals surface area contributed by atoms with E-state index in [-0.39, 0.29) is 11.9 Å². The average Bonchev–Trinajstić information content (AvgIpc) is 3.10. The molecule has 1 aliphatic heterocycles. The van der Waals surface area contributed by atoms with Crippen LogP contribution >= 0.6 is 11.8 Å². The molecule has 1 aromatic carbocycles. The maximum absolute atomic E-state index is 12.5. The Hall–Kier alpha value is -1.84. The molecule has 1 saturated heterocycles. The van der Waals surface area contributed by atoms with Crippen LogP contribution in [-0.4, -0.2) is 59.8 Å². The zero-order valence-corrected chi connectivity index (χ0v) is 16.4. The smallest absolute Gasteiger partial charge is 0.251 e. The molecule has 3 rings (SSSR count). The molecule has 0 radical (unpaired) electrons. The fraction of sp³-hybridized carbons (Fsp3) is 0.412. The van der Waals surface area contributed by atoms with E-state index >= 15 is 0 Å². The number of sulfonamides is 1. The molecule has 0 saturated carbocycles. The molecule has 140 valence electrons. The standard InChI is InChI=1S/C17H22N4O3S2/c1-25-17-18-9-11-21(17)15-7-5-13(6-8-15)16(22)19-14-4-3-10-20(12-14)26(2,23)24/h5-9,11,14H,3-4,10,12H2,1-2H3,(H,19,22). The lowest BCUT2D eigenvalue weighted by molar-refractivity contribution is 0.0921. The predicted molar refractivity (Wildman–Crippen MR) is 102 cm³/mol. The van der Waals surface area contributed by atoms with Gasteiger partial charge in [-0.25, -0.2) is 17.7 Å². The summed E-state index contributed by atoms with van der Waals surface area (Å²) in [6.45, 7) is 0.845. The van der Waals surface area contributed by atoms with E-state index in [4.69, 9.17) is 0 Å². The van der Waals surface area contributed by atoms with Gasteiger partial charge < -0.3 is 5.32 Å². The Morgan fingerprint density at radius 1 is 1.31 bits per heavy atom. The van der Waals surface area contributed by atoms with Crippen LogP contribution in [0.1, 0.15) is 23.2 Å². The SMILES string of the molecule is CSc1nccn1-c1ccc(C(=O)NC2CCCN(S(C)(=O)=O)C2)cc1. The lowest BCUT2D eigenvalue weighted by atomic mass is 10.1. The Kier molecular flexibility index (Phi) is 5.69. The van der Waals surface area contributed by atoms with Gasteiger partial charge in [0.15, 0.2) is 5.16 Å². The summed E-state index contributed by atoms with van der Waals surface area (Å²) in [4.78, 5) is 16.8. The van der Waals surface area contributed by atoms with Crippen LogP contribution in [0, 0.1) is 0 Å². The van der Waals surface area contributed by atoms with E-state index < -0.39 is 10.0 Å². The van der Waals surface area contributed by atoms with Gasteiger partial charge in [-0.05, 0) is 43.4 Å². The van der Waals surface area contributed by atoms with Gasteiger partial charge in [-0.15, -0.1) is 0 Å². The van der Waals surface area contributed by atoms with Gasteiger partial charge in [-0.1, -0.05) is 11.8 Å². The van der Waals surface area contributed by atoms with E-state index in [1.165, 1.54) is 10.6 Å². The first-order chi connectivity index (χ1) is 12.4. The van der Waals surface area contributed by atoms with Crippen molar-refractivity contribution in [1.29, 1.82) is 0 Å². The number of rotatable bonds is 5. The van der Waals surface area contributed by atoms with Crippen molar-refractivity contribution >= 4 is 27.7 Å². The summed E-state index contributed by atoms with van der Waals surface area (Å²) in [5.74, 6) is -0.187. The third kappa shape index (κ3) is 4.28. The summed E-state index contributed by atoms with van der Waals surface area (Å²) in [5, 5.41) is 3.83. The van der Waals surface area contributed by atoms with Gasteiger partial charge in [0.05, 0.1) is 6.26 Å². The Bertz CT molecular complexity index is 878. The maximum atomic E-state index is 12.5. The second-order valence-corrected chi connectivity index (χ2v) is 9.02. The Morgan fingerprint density at radius 2 is 2.04 bits per heavy atom. The second-order valence-electron chi connectivity index (χ2n) is 6.26. The molecule has 1 aliphatic rings. The minimum atomic E-state index is -3.23. The van der Waals surface area contributed by atoms with Crippen LogP contribution in [-0.2, 0) is 10.0 Å². The molecule has 2 aromatic rings. The van der Waals surface area contributed by atoms with Crippen molar-refractivity contribution in [3.05, 3.63) is 42.2 Å². The van der Waals surface area contributed by atoms with Crippen LogP contribution in [0.25, 0.3) is 5.69 Å². The zero-order chi connectivity index (χ0) is 18.7. The molecule has 1 amide bonds. The summed E-state index contributed by atoms with van der Waals surface area (Å²) >= 11 is 1.55. The number of thioether (sulfide) groups is 1. The highest BCUT2D eigenvalue weighted by Gasteiger charge is 2.27. The fourth-order valence-electron chi connectivity index (χ4n) is 3.04. The Labute approximate surface area is 157 Å². The van der Waals surface area contributed by atoms with Crippen LogP contribution in [0.15, 0.2) is 41.8 Å². The summed E-state index contributed by atoms with van der Waals surface area (Å²) in [5.41, 5.74) is 1.49. The normalized spacial score (nSPS) is 18.6. The van der Waals surface area contributed by atoms with Crippen molar-refractivity contribution in [2.75, 3.05) is 25.6 Å². The van der Waals surface area contributed by atoms with Crippen molar-refractivity contribution in [3.63, 3.8) is 0 Å². The van der Waals surface area contributed by atoms with Crippen LogP contribution in [0.5, 0.6) is 0 Å². The van der Waals surface area contributed by atoms with Crippen molar-refractivity contribution in [2.24, 2.45) is 0 Å². The largest absolute Gasteiger partial charge is 0.348 e. The van der Waals surface area contributed by atoms with Crippen molar-refractivity contribution < 1.29 is 13.2 Å². The number of carbonyl (C=O) groups excluding carboxylic acids is 1. The molecule has 9 heteroatoms. The third-order valence-electron chi connectivity index (χ3n) is 4.39. The van der Waals surface area contributed by atoms with Gasteiger partial charge in [0.2, 0.25) is 10.0 Å². The fourth-order valence-corrected chi connectivity index (χ4v) is 4.48. The number of aromatic nitrogens is 2. The number of benzene rings is 1. The second kappa shape index (κ2) is 7.81. The summed E-state index contributed by atoms with van der Waals surface area (Å²) < 4.78 is 26.8. The molecular formula is C17H22N4O3S2. The van der Waals surface area contributed by atoms with Gasteiger partial charge in [0, 0.05) is 42.8 Å². The molecule has 1 N–H and O–H groups in total. The maximum Gasteiger partial charge on any atom is 0.251 e. The summed E-state index contributed by atoms with van der Waals surface area (Å²) in [7, 11) is -3.23. The first-order valence-corrected chi connectivity index (χ1v) is 11.4. The van der Waals surface area contributed by atoms with E-state index in [2.05, 4.69) is 10.3 Å². The predicted octanol–water partition coefficient (Wildman–Crippen LogP) is 1.75. The number of nitrogens with zero attached hydrogens (tertiary/aromatic N) is 3. The summed E-state index contributed by atoms with van der Waals surface area (Å²) in [6.07, 6.45) is 8.31. The molecule has 1 aromatic heterocycles. The highest BCUT2D eigenvalue weighted by molar-refractivity contribution is 7.98. The number of hydrogen-bond acceptors (Lipinski definition) is 5. The van der Waals surface area contributed by atoms with E-state index in [1.54, 1.807) is 30.1 Å². The first-order valence-electron chi connectivity index (χ1n) is 8.32. The van der Waals surface area contributed by atoms with Gasteiger partial charge in [0.1, 0.15) is 0 Å². The van der Waals surface area contributed by atoms with E-state index in [0.29, 0.717) is 18.7 Å². The van der Waals surface area contributed by atoms with Gasteiger partial charge in [0.25, 0.3) is 5.91 Å². The third-order valence-corrected chi connectivity index (χ3v) is 6.32. The van der Waals surface area contributed by atoms with Gasteiger partial charge in [-0.2, -0.15) is 0 Å². The molecule has 1 fully saturated rings. The van der Waals surface area contributed by atoms with E-state index in [1.807, 2.05) is 29.2 Å². The molecule has 7 nitrogen and oxygen atoms in total. The van der Waals surface area contributed by atoms with Gasteiger partial charge >= 0.3 is 0 Å². The van der Waals surface area contributed by atoms with E-state index in [0.717, 1.165) is 23.7 Å². The number of imidazole rings is 1. The van der Waals surface area contributed by atoms with E-state index in [9.17, 15) is 13.2 Å². The van der Waals surface area contributed by atoms with Crippen LogP contribution < -0.4 is 5.32 Å². The number of carbonyl (C=O) groups is 1. The number of amides is 1. The van der Waals surface area contributed by atoms with Crippen LogP contribution in [0.2, 0.25) is 0 Å². The monoisotopic (exact) mass is 394 g/mol. The van der Waals surface area contributed by atoms with Gasteiger partial charge in [-0.3, -0.25) is 9.36 Å². The molecule has 26 heavy (non-hydrogen) atoms. The first kappa shape index (κ1) is 18.9. The van der Waals surface area contributed by atoms with Crippen molar-refractivity contribution in [3.8, 4) is 5.69 Å². The molecule has 0 spiro atoms. The average molecular weight is 395 g/mol. The minimum Gasteiger partial charge on any atom is -0.348 e. The quantitative estimate of drug-likeness (QED) is 0.781. The molecule has 0 bridgehead atoms. The molecule has 2 heterocycles. The minimum absolute atomic E-state index is 0.164. The number of hydrogen-bond donors (Lipinski definition) is 1. The highest BCUT2D eigenvalue weighted by Crippen LogP contribution is 2.19.